The molecule has 7 heteroatoms. The summed E-state index contributed by atoms with van der Waals surface area (Å²) in [6, 6.07) is 10.2. The average Bonchev–Trinajstić information content (AvgIpc) is 3.15. The molecule has 2 fully saturated rings. The van der Waals surface area contributed by atoms with Gasteiger partial charge < -0.3 is 15.5 Å². The molecule has 5 nitrogen and oxygen atoms in total. The topological polar surface area (TPSA) is 66.6 Å². The Morgan fingerprint density at radius 2 is 2.00 bits per heavy atom. The van der Waals surface area contributed by atoms with Gasteiger partial charge in [0.25, 0.3) is 5.24 Å². The third kappa shape index (κ3) is 4.00. The number of nitrogens with zero attached hydrogens (tertiary/aromatic N) is 2. The second kappa shape index (κ2) is 8.04. The Balaban J connectivity index is 0.00000192. The SMILES string of the molecule is Cl.NC[C@@H]1CN(C(=O)CN2CCSC2=O)C[C@H]1c1ccccc1. The molecule has 0 spiro atoms. The molecular formula is C16H22ClN3O2S. The molecule has 0 aliphatic carbocycles. The Labute approximate surface area is 147 Å². The van der Waals surface area contributed by atoms with E-state index in [0.29, 0.717) is 32.1 Å². The summed E-state index contributed by atoms with van der Waals surface area (Å²) >= 11 is 1.29. The highest BCUT2D eigenvalue weighted by molar-refractivity contribution is 8.13. The first-order valence-corrected chi connectivity index (χ1v) is 8.62. The molecule has 2 aliphatic rings. The summed E-state index contributed by atoms with van der Waals surface area (Å²) in [7, 11) is 0. The zero-order chi connectivity index (χ0) is 15.5. The fourth-order valence-electron chi connectivity index (χ4n) is 3.22. The van der Waals surface area contributed by atoms with Crippen molar-refractivity contribution >= 4 is 35.3 Å². The van der Waals surface area contributed by atoms with Gasteiger partial charge in [-0.3, -0.25) is 9.59 Å². The lowest BCUT2D eigenvalue weighted by molar-refractivity contribution is -0.130. The molecule has 0 aromatic heterocycles. The van der Waals surface area contributed by atoms with Gasteiger partial charge >= 0.3 is 0 Å². The Hall–Kier alpha value is -1.24. The van der Waals surface area contributed by atoms with Crippen molar-refractivity contribution in [1.29, 1.82) is 0 Å². The molecule has 2 N–H and O–H groups in total. The highest BCUT2D eigenvalue weighted by Gasteiger charge is 2.36. The first kappa shape index (κ1) is 18.1. The summed E-state index contributed by atoms with van der Waals surface area (Å²) in [5, 5.41) is 0.0162. The molecule has 2 atom stereocenters. The molecule has 1 aromatic rings. The maximum absolute atomic E-state index is 12.5. The summed E-state index contributed by atoms with van der Waals surface area (Å²) < 4.78 is 0. The van der Waals surface area contributed by atoms with E-state index < -0.39 is 0 Å². The molecule has 0 radical (unpaired) electrons. The number of carbonyl (C=O) groups excluding carboxylic acids is 2. The number of rotatable bonds is 4. The van der Waals surface area contributed by atoms with E-state index in [2.05, 4.69) is 12.1 Å². The van der Waals surface area contributed by atoms with Crippen molar-refractivity contribution in [1.82, 2.24) is 9.80 Å². The van der Waals surface area contributed by atoms with Crippen molar-refractivity contribution in [2.45, 2.75) is 5.92 Å². The summed E-state index contributed by atoms with van der Waals surface area (Å²) in [5.41, 5.74) is 7.14. The van der Waals surface area contributed by atoms with Crippen LogP contribution in [0.4, 0.5) is 4.79 Å². The van der Waals surface area contributed by atoms with E-state index in [1.54, 1.807) is 4.90 Å². The molecule has 126 valence electrons. The minimum absolute atomic E-state index is 0. The Kier molecular flexibility index (Phi) is 6.33. The van der Waals surface area contributed by atoms with Gasteiger partial charge in [0.15, 0.2) is 0 Å². The maximum Gasteiger partial charge on any atom is 0.282 e. The zero-order valence-electron chi connectivity index (χ0n) is 12.9. The summed E-state index contributed by atoms with van der Waals surface area (Å²) in [5.74, 6) is 1.39. The molecule has 3 rings (SSSR count). The standard InChI is InChI=1S/C16H21N3O2S.ClH/c17-8-13-9-19(10-14(13)12-4-2-1-3-5-12)15(20)11-18-6-7-22-16(18)21;/h1-5,13-14H,6-11,17H2;1H/t13-,14+;/m1./s1. The molecule has 0 bridgehead atoms. The van der Waals surface area contributed by atoms with Gasteiger partial charge in [-0.2, -0.15) is 0 Å². The summed E-state index contributed by atoms with van der Waals surface area (Å²) in [6.45, 7) is 2.82. The fourth-order valence-corrected chi connectivity index (χ4v) is 4.05. The minimum Gasteiger partial charge on any atom is -0.340 e. The normalized spacial score (nSPS) is 24.0. The van der Waals surface area contributed by atoms with E-state index >= 15 is 0 Å². The number of thioether (sulfide) groups is 1. The number of hydrogen-bond donors (Lipinski definition) is 1. The van der Waals surface area contributed by atoms with Crippen LogP contribution >= 0.6 is 24.2 Å². The highest BCUT2D eigenvalue weighted by Crippen LogP contribution is 2.32. The Morgan fingerprint density at radius 3 is 2.61 bits per heavy atom. The van der Waals surface area contributed by atoms with Crippen LogP contribution in [0.2, 0.25) is 0 Å². The smallest absolute Gasteiger partial charge is 0.282 e. The lowest BCUT2D eigenvalue weighted by Gasteiger charge is -2.20. The molecule has 2 heterocycles. The van der Waals surface area contributed by atoms with Crippen molar-refractivity contribution < 1.29 is 9.59 Å². The van der Waals surface area contributed by atoms with Crippen LogP contribution in [0.25, 0.3) is 0 Å². The molecule has 0 saturated carbocycles. The lowest BCUT2D eigenvalue weighted by atomic mass is 9.89. The van der Waals surface area contributed by atoms with Gasteiger partial charge in [-0.05, 0) is 18.0 Å². The van der Waals surface area contributed by atoms with Gasteiger partial charge in [-0.1, -0.05) is 42.1 Å². The predicted molar refractivity (Wildman–Crippen MR) is 95.0 cm³/mol. The number of nitrogens with two attached hydrogens (primary N) is 1. The van der Waals surface area contributed by atoms with Crippen LogP contribution in [-0.2, 0) is 4.79 Å². The van der Waals surface area contributed by atoms with Crippen LogP contribution in [0.3, 0.4) is 0 Å². The van der Waals surface area contributed by atoms with Gasteiger partial charge in [0.1, 0.15) is 6.54 Å². The van der Waals surface area contributed by atoms with Gasteiger partial charge in [0.05, 0.1) is 0 Å². The molecular weight excluding hydrogens is 334 g/mol. The van der Waals surface area contributed by atoms with Crippen LogP contribution in [0.15, 0.2) is 30.3 Å². The van der Waals surface area contributed by atoms with E-state index in [0.717, 1.165) is 5.75 Å². The molecule has 0 unspecified atom stereocenters. The van der Waals surface area contributed by atoms with Crippen LogP contribution in [0, 0.1) is 5.92 Å². The molecule has 2 saturated heterocycles. The predicted octanol–water partition coefficient (Wildman–Crippen LogP) is 1.78. The quantitative estimate of drug-likeness (QED) is 0.894. The molecule has 2 aliphatic heterocycles. The van der Waals surface area contributed by atoms with Gasteiger partial charge in [-0.15, -0.1) is 12.4 Å². The van der Waals surface area contributed by atoms with Crippen LogP contribution in [-0.4, -0.2) is 59.4 Å². The fraction of sp³-hybridized carbons (Fsp3) is 0.500. The number of halogens is 1. The van der Waals surface area contributed by atoms with Crippen molar-refractivity contribution in [3.63, 3.8) is 0 Å². The number of carbonyl (C=O) groups is 2. The summed E-state index contributed by atoms with van der Waals surface area (Å²) in [6.07, 6.45) is 0. The highest BCUT2D eigenvalue weighted by atomic mass is 35.5. The lowest BCUT2D eigenvalue weighted by Crippen LogP contribution is -2.39. The van der Waals surface area contributed by atoms with Gasteiger partial charge in [0.2, 0.25) is 5.91 Å². The van der Waals surface area contributed by atoms with Crippen molar-refractivity contribution in [2.24, 2.45) is 11.7 Å². The van der Waals surface area contributed by atoms with E-state index in [-0.39, 0.29) is 36.0 Å². The monoisotopic (exact) mass is 355 g/mol. The van der Waals surface area contributed by atoms with Crippen LogP contribution in [0.5, 0.6) is 0 Å². The number of benzene rings is 1. The maximum atomic E-state index is 12.5. The number of likely N-dealkylation sites (tertiary alicyclic amines) is 1. The van der Waals surface area contributed by atoms with Crippen LogP contribution < -0.4 is 5.73 Å². The first-order valence-electron chi connectivity index (χ1n) is 7.63. The van der Waals surface area contributed by atoms with Crippen molar-refractivity contribution in [3.8, 4) is 0 Å². The Bertz CT molecular complexity index is 558. The third-order valence-corrected chi connectivity index (χ3v) is 5.39. The number of hydrogen-bond acceptors (Lipinski definition) is 4. The third-order valence-electron chi connectivity index (χ3n) is 4.50. The van der Waals surface area contributed by atoms with Gasteiger partial charge in [0, 0.05) is 31.3 Å². The first-order chi connectivity index (χ1) is 10.7. The second-order valence-corrected chi connectivity index (χ2v) is 6.89. The molecule has 2 amide bonds. The van der Waals surface area contributed by atoms with Crippen molar-refractivity contribution in [3.05, 3.63) is 35.9 Å². The molecule has 1 aromatic carbocycles. The van der Waals surface area contributed by atoms with E-state index in [1.807, 2.05) is 23.1 Å². The number of amides is 2. The second-order valence-electron chi connectivity index (χ2n) is 5.85. The van der Waals surface area contributed by atoms with E-state index in [4.69, 9.17) is 5.73 Å². The largest absolute Gasteiger partial charge is 0.340 e. The average molecular weight is 356 g/mol. The van der Waals surface area contributed by atoms with E-state index in [1.165, 1.54) is 17.3 Å². The zero-order valence-corrected chi connectivity index (χ0v) is 14.5. The minimum atomic E-state index is 0. The molecule has 23 heavy (non-hydrogen) atoms. The van der Waals surface area contributed by atoms with E-state index in [9.17, 15) is 9.59 Å². The Morgan fingerprint density at radius 1 is 1.26 bits per heavy atom. The van der Waals surface area contributed by atoms with Gasteiger partial charge in [-0.25, -0.2) is 0 Å². The van der Waals surface area contributed by atoms with Crippen LogP contribution in [0.1, 0.15) is 11.5 Å². The van der Waals surface area contributed by atoms with Crippen molar-refractivity contribution in [2.75, 3.05) is 38.5 Å². The summed E-state index contributed by atoms with van der Waals surface area (Å²) in [4.78, 5) is 27.6.